The van der Waals surface area contributed by atoms with Gasteiger partial charge in [-0.3, -0.25) is 4.79 Å². The van der Waals surface area contributed by atoms with Gasteiger partial charge in [-0.1, -0.05) is 72.8 Å². The number of ketones is 1. The van der Waals surface area contributed by atoms with Crippen molar-refractivity contribution in [3.05, 3.63) is 113 Å². The van der Waals surface area contributed by atoms with Gasteiger partial charge in [0.1, 0.15) is 30.5 Å². The lowest BCUT2D eigenvalue weighted by atomic mass is 9.90. The number of aliphatic hydroxyl groups is 1. The molecule has 0 saturated heterocycles. The van der Waals surface area contributed by atoms with E-state index < -0.39 is 0 Å². The van der Waals surface area contributed by atoms with Crippen molar-refractivity contribution in [1.82, 2.24) is 0 Å². The summed E-state index contributed by atoms with van der Waals surface area (Å²) in [6, 6.07) is 28.2. The molecule has 0 unspecified atom stereocenters. The smallest absolute Gasteiger partial charge is 0.163 e. The molecule has 0 aliphatic heterocycles. The van der Waals surface area contributed by atoms with Gasteiger partial charge in [-0.15, -0.1) is 0 Å². The summed E-state index contributed by atoms with van der Waals surface area (Å²) in [7, 11) is 0. The molecule has 4 aromatic rings. The second-order valence-corrected chi connectivity index (χ2v) is 8.84. The first kappa shape index (κ1) is 26.9. The Labute approximate surface area is 223 Å². The summed E-state index contributed by atoms with van der Waals surface area (Å²) in [5.41, 5.74) is 4.51. The van der Waals surface area contributed by atoms with E-state index in [-0.39, 0.29) is 38.0 Å². The van der Waals surface area contributed by atoms with Gasteiger partial charge in [-0.25, -0.2) is 0 Å². The maximum absolute atomic E-state index is 13.1. The lowest BCUT2D eigenvalue weighted by molar-refractivity contribution is 0.0936. The number of aliphatic hydroxyl groups excluding tert-OH is 1. The van der Waals surface area contributed by atoms with E-state index in [4.69, 9.17) is 19.3 Å². The zero-order chi connectivity index (χ0) is 26.7. The summed E-state index contributed by atoms with van der Waals surface area (Å²) in [5, 5.41) is 19.4. The molecule has 4 aromatic carbocycles. The minimum Gasteiger partial charge on any atom is -0.508 e. The summed E-state index contributed by atoms with van der Waals surface area (Å²) in [4.78, 5) is 13.1. The third kappa shape index (κ3) is 7.00. The quantitative estimate of drug-likeness (QED) is 0.170. The highest BCUT2D eigenvalue weighted by atomic mass is 16.5. The van der Waals surface area contributed by atoms with Crippen LogP contribution in [-0.2, 0) is 24.4 Å². The highest BCUT2D eigenvalue weighted by Crippen LogP contribution is 2.42. The first-order valence-corrected chi connectivity index (χ1v) is 12.6. The molecule has 0 spiro atoms. The van der Waals surface area contributed by atoms with Crippen LogP contribution in [0.15, 0.2) is 91.0 Å². The maximum atomic E-state index is 13.1. The molecular formula is C32H32O6. The van der Waals surface area contributed by atoms with Crippen LogP contribution >= 0.6 is 0 Å². The van der Waals surface area contributed by atoms with E-state index in [2.05, 4.69) is 0 Å². The minimum absolute atomic E-state index is 0.0926. The van der Waals surface area contributed by atoms with Gasteiger partial charge >= 0.3 is 0 Å². The van der Waals surface area contributed by atoms with Gasteiger partial charge in [-0.2, -0.15) is 0 Å². The molecule has 6 heteroatoms. The third-order valence-electron chi connectivity index (χ3n) is 6.05. The number of rotatable bonds is 13. The van der Waals surface area contributed by atoms with Crippen molar-refractivity contribution in [2.75, 3.05) is 19.8 Å². The van der Waals surface area contributed by atoms with Crippen LogP contribution in [0.25, 0.3) is 11.1 Å². The molecule has 0 aromatic heterocycles. The number of ether oxygens (including phenoxy) is 3. The van der Waals surface area contributed by atoms with Crippen LogP contribution in [0.4, 0.5) is 0 Å². The number of Topliss-reactive ketones (excluding diaryl/α,β-unsaturated/α-hetero) is 1. The fraction of sp³-hybridized carbons (Fsp3) is 0.219. The molecule has 196 valence electrons. The minimum atomic E-state index is -0.152. The van der Waals surface area contributed by atoms with E-state index >= 15 is 0 Å². The molecule has 0 atom stereocenters. The van der Waals surface area contributed by atoms with Crippen molar-refractivity contribution in [3.63, 3.8) is 0 Å². The largest absolute Gasteiger partial charge is 0.508 e. The van der Waals surface area contributed by atoms with E-state index in [0.717, 1.165) is 11.1 Å². The van der Waals surface area contributed by atoms with Crippen LogP contribution in [0.2, 0.25) is 0 Å². The average Bonchev–Trinajstić information content (AvgIpc) is 2.93. The molecule has 2 N–H and O–H groups in total. The van der Waals surface area contributed by atoms with Gasteiger partial charge in [0.25, 0.3) is 0 Å². The van der Waals surface area contributed by atoms with Crippen molar-refractivity contribution >= 4 is 5.78 Å². The molecule has 38 heavy (non-hydrogen) atoms. The highest BCUT2D eigenvalue weighted by molar-refractivity contribution is 6.01. The van der Waals surface area contributed by atoms with Crippen LogP contribution in [0, 0.1) is 0 Å². The third-order valence-corrected chi connectivity index (χ3v) is 6.05. The van der Waals surface area contributed by atoms with E-state index in [1.54, 1.807) is 24.3 Å². The van der Waals surface area contributed by atoms with Crippen LogP contribution in [0.3, 0.4) is 0 Å². The molecule has 0 amide bonds. The fourth-order valence-electron chi connectivity index (χ4n) is 4.34. The van der Waals surface area contributed by atoms with Gasteiger partial charge in [-0.05, 0) is 47.7 Å². The molecule has 4 rings (SSSR count). The standard InChI is InChI=1S/C32H32O6/c1-23(34)31-28(15-17-36-18-16-33)32(26-13-8-14-27(35)19-26)30(38-22-25-11-6-3-7-12-25)20-29(31)37-21-24-9-4-2-5-10-24/h2-14,19-20,33,35H,15-18,21-22H2,1H3. The SMILES string of the molecule is CC(=O)c1c(OCc2ccccc2)cc(OCc2ccccc2)c(-c2cccc(O)c2)c1CCOCCO. The van der Waals surface area contributed by atoms with Crippen LogP contribution in [-0.4, -0.2) is 35.8 Å². The summed E-state index contributed by atoms with van der Waals surface area (Å²) < 4.78 is 18.2. The topological polar surface area (TPSA) is 85.2 Å². The van der Waals surface area contributed by atoms with Crippen molar-refractivity contribution in [3.8, 4) is 28.4 Å². The Morgan fingerprint density at radius 3 is 1.97 bits per heavy atom. The number of benzene rings is 4. The Morgan fingerprint density at radius 2 is 1.39 bits per heavy atom. The van der Waals surface area contributed by atoms with Crippen molar-refractivity contribution in [2.24, 2.45) is 0 Å². The lowest BCUT2D eigenvalue weighted by Gasteiger charge is -2.22. The number of aromatic hydroxyl groups is 1. The lowest BCUT2D eigenvalue weighted by Crippen LogP contribution is -2.12. The second kappa shape index (κ2) is 13.4. The monoisotopic (exact) mass is 512 g/mol. The number of carbonyl (C=O) groups excluding carboxylic acids is 1. The van der Waals surface area contributed by atoms with Crippen LogP contribution < -0.4 is 9.47 Å². The molecule has 0 radical (unpaired) electrons. The summed E-state index contributed by atoms with van der Waals surface area (Å²) >= 11 is 0. The van der Waals surface area contributed by atoms with E-state index in [0.29, 0.717) is 46.8 Å². The van der Waals surface area contributed by atoms with E-state index in [1.807, 2.05) is 66.7 Å². The molecule has 0 aliphatic carbocycles. The number of carbonyl (C=O) groups is 1. The molecule has 0 heterocycles. The maximum Gasteiger partial charge on any atom is 0.163 e. The Hall–Kier alpha value is -4.13. The van der Waals surface area contributed by atoms with Crippen LogP contribution in [0.1, 0.15) is 34.0 Å². The Balaban J connectivity index is 1.84. The highest BCUT2D eigenvalue weighted by Gasteiger charge is 2.24. The molecular weight excluding hydrogens is 480 g/mol. The van der Waals surface area contributed by atoms with Crippen molar-refractivity contribution in [2.45, 2.75) is 26.6 Å². The number of phenols is 1. The predicted octanol–water partition coefficient (Wildman–Crippen LogP) is 5.97. The number of hydrogen-bond donors (Lipinski definition) is 2. The number of hydrogen-bond acceptors (Lipinski definition) is 6. The van der Waals surface area contributed by atoms with Gasteiger partial charge in [0.2, 0.25) is 0 Å². The fourth-order valence-corrected chi connectivity index (χ4v) is 4.34. The predicted molar refractivity (Wildman–Crippen MR) is 147 cm³/mol. The molecule has 0 aliphatic rings. The first-order valence-electron chi connectivity index (χ1n) is 12.6. The van der Waals surface area contributed by atoms with Crippen molar-refractivity contribution < 1.29 is 29.2 Å². The summed E-state index contributed by atoms with van der Waals surface area (Å²) in [5.74, 6) is 0.907. The van der Waals surface area contributed by atoms with Gasteiger partial charge in [0.15, 0.2) is 5.78 Å². The van der Waals surface area contributed by atoms with Gasteiger partial charge in [0.05, 0.1) is 25.4 Å². The molecule has 0 saturated carbocycles. The normalized spacial score (nSPS) is 10.8. The average molecular weight is 513 g/mol. The Kier molecular flexibility index (Phi) is 9.51. The molecule has 0 fully saturated rings. The van der Waals surface area contributed by atoms with Crippen molar-refractivity contribution in [1.29, 1.82) is 0 Å². The zero-order valence-electron chi connectivity index (χ0n) is 21.4. The summed E-state index contributed by atoms with van der Waals surface area (Å²) in [6.07, 6.45) is 0.379. The Morgan fingerprint density at radius 1 is 0.763 bits per heavy atom. The molecule has 6 nitrogen and oxygen atoms in total. The zero-order valence-corrected chi connectivity index (χ0v) is 21.4. The van der Waals surface area contributed by atoms with E-state index in [1.165, 1.54) is 6.92 Å². The number of phenolic OH excluding ortho intramolecular Hbond substituents is 1. The Bertz CT molecular complexity index is 1340. The van der Waals surface area contributed by atoms with Gasteiger partial charge < -0.3 is 24.4 Å². The van der Waals surface area contributed by atoms with E-state index in [9.17, 15) is 9.90 Å². The van der Waals surface area contributed by atoms with Gasteiger partial charge in [0, 0.05) is 11.6 Å². The second-order valence-electron chi connectivity index (χ2n) is 8.84. The first-order chi connectivity index (χ1) is 18.6. The van der Waals surface area contributed by atoms with Crippen LogP contribution in [0.5, 0.6) is 17.2 Å². The molecule has 0 bridgehead atoms. The summed E-state index contributed by atoms with van der Waals surface area (Å²) in [6.45, 7) is 2.49.